The summed E-state index contributed by atoms with van der Waals surface area (Å²) in [7, 11) is -2.50. The minimum atomic E-state index is -3.93. The van der Waals surface area contributed by atoms with E-state index in [1.54, 1.807) is 30.5 Å². The maximum atomic E-state index is 14.0. The van der Waals surface area contributed by atoms with Gasteiger partial charge in [0, 0.05) is 23.7 Å². The number of methoxy groups -OCH3 is 1. The Labute approximate surface area is 231 Å². The Morgan fingerprint density at radius 1 is 1.05 bits per heavy atom. The second-order valence-corrected chi connectivity index (χ2v) is 12.6. The van der Waals surface area contributed by atoms with Crippen LogP contribution < -0.4 is 19.5 Å². The Bertz CT molecular complexity index is 1440. The number of rotatable bonds is 8. The average Bonchev–Trinajstić information content (AvgIpc) is 2.94. The van der Waals surface area contributed by atoms with E-state index in [9.17, 15) is 17.6 Å². The molecule has 2 N–H and O–H groups in total. The van der Waals surface area contributed by atoms with Gasteiger partial charge in [0.05, 0.1) is 18.8 Å². The van der Waals surface area contributed by atoms with Crippen molar-refractivity contribution in [2.45, 2.75) is 61.6 Å². The number of nitrogens with zero attached hydrogens (tertiary/aromatic N) is 2. The molecule has 39 heavy (non-hydrogen) atoms. The molecule has 2 fully saturated rings. The minimum Gasteiger partial charge on any atom is -0.495 e. The van der Waals surface area contributed by atoms with Crippen LogP contribution in [0.5, 0.6) is 11.6 Å². The van der Waals surface area contributed by atoms with E-state index in [1.165, 1.54) is 7.11 Å². The number of benzene rings is 1. The number of carbonyl (C=O) groups is 1. The zero-order valence-electron chi connectivity index (χ0n) is 21.6. The number of halogens is 1. The summed E-state index contributed by atoms with van der Waals surface area (Å²) < 4.78 is 54.9. The van der Waals surface area contributed by atoms with E-state index in [2.05, 4.69) is 20.0 Å². The summed E-state index contributed by atoms with van der Waals surface area (Å²) in [5.41, 5.74) is 0.422. The van der Waals surface area contributed by atoms with E-state index < -0.39 is 21.7 Å². The lowest BCUT2D eigenvalue weighted by atomic mass is 9.91. The Balaban J connectivity index is 1.22. The van der Waals surface area contributed by atoms with Gasteiger partial charge in [-0.2, -0.15) is 11.8 Å². The molecule has 9 nitrogen and oxygen atoms in total. The molecule has 3 heterocycles. The van der Waals surface area contributed by atoms with Gasteiger partial charge < -0.3 is 14.8 Å². The Morgan fingerprint density at radius 3 is 2.54 bits per heavy atom. The average molecular weight is 575 g/mol. The third-order valence-corrected chi connectivity index (χ3v) is 9.70. The van der Waals surface area contributed by atoms with Crippen LogP contribution in [0.15, 0.2) is 47.6 Å². The van der Waals surface area contributed by atoms with E-state index in [4.69, 9.17) is 9.47 Å². The lowest BCUT2D eigenvalue weighted by Crippen LogP contribution is -2.44. The van der Waals surface area contributed by atoms with Crippen molar-refractivity contribution in [1.29, 1.82) is 0 Å². The second-order valence-electron chi connectivity index (χ2n) is 9.75. The molecule has 5 rings (SSSR count). The molecule has 2 aliphatic rings. The van der Waals surface area contributed by atoms with E-state index in [-0.39, 0.29) is 40.3 Å². The number of hydrogen-bond donors (Lipinski definition) is 2. The van der Waals surface area contributed by atoms with Crippen LogP contribution in [0.2, 0.25) is 0 Å². The van der Waals surface area contributed by atoms with Crippen molar-refractivity contribution in [3.05, 3.63) is 54.1 Å². The van der Waals surface area contributed by atoms with Crippen molar-refractivity contribution in [2.75, 3.05) is 18.6 Å². The van der Waals surface area contributed by atoms with Crippen LogP contribution in [0.3, 0.4) is 0 Å². The zero-order valence-corrected chi connectivity index (χ0v) is 23.2. The normalized spacial score (nSPS) is 20.5. The first kappa shape index (κ1) is 27.6. The highest BCUT2D eigenvalue weighted by Crippen LogP contribution is 2.32. The number of nitrogens with one attached hydrogen (secondary N) is 2. The molecule has 3 aromatic rings. The number of amides is 1. The predicted molar refractivity (Wildman–Crippen MR) is 147 cm³/mol. The Kier molecular flexibility index (Phi) is 8.53. The minimum absolute atomic E-state index is 0.0150. The molecule has 0 radical (unpaired) electrons. The van der Waals surface area contributed by atoms with Crippen molar-refractivity contribution in [3.8, 4) is 11.6 Å². The molecule has 0 spiro atoms. The number of thioether (sulfide) groups is 1. The largest absolute Gasteiger partial charge is 0.495 e. The van der Waals surface area contributed by atoms with Gasteiger partial charge in [0.15, 0.2) is 4.90 Å². The molecule has 1 aliphatic heterocycles. The van der Waals surface area contributed by atoms with Crippen LogP contribution in [-0.2, 0) is 10.0 Å². The summed E-state index contributed by atoms with van der Waals surface area (Å²) in [5, 5.41) is 3.66. The highest BCUT2D eigenvalue weighted by Gasteiger charge is 2.31. The van der Waals surface area contributed by atoms with Crippen LogP contribution in [0.1, 0.15) is 48.9 Å². The van der Waals surface area contributed by atoms with Gasteiger partial charge in [0.25, 0.3) is 5.91 Å². The summed E-state index contributed by atoms with van der Waals surface area (Å²) in [6.45, 7) is 0. The fraction of sp³-hybridized carbons (Fsp3) is 0.444. The summed E-state index contributed by atoms with van der Waals surface area (Å²) >= 11 is 1.86. The molecule has 1 amide bonds. The molecule has 1 saturated heterocycles. The van der Waals surface area contributed by atoms with Crippen molar-refractivity contribution in [1.82, 2.24) is 20.0 Å². The number of ether oxygens (including phenoxy) is 2. The van der Waals surface area contributed by atoms with Gasteiger partial charge in [-0.3, -0.25) is 9.78 Å². The van der Waals surface area contributed by atoms with Gasteiger partial charge in [-0.1, -0.05) is 6.07 Å². The SMILES string of the molecule is COc1ccc2cccnc2c1S(=O)(=O)N[C@H]1CC[C@@H](NC(=O)c2cc(F)cnc2OC2CCSCC2)CC1. The third kappa shape index (κ3) is 6.44. The van der Waals surface area contributed by atoms with Crippen LogP contribution in [-0.4, -0.2) is 61.1 Å². The number of sulfonamides is 1. The first-order chi connectivity index (χ1) is 18.8. The van der Waals surface area contributed by atoms with Crippen molar-refractivity contribution in [2.24, 2.45) is 0 Å². The maximum Gasteiger partial charge on any atom is 0.257 e. The smallest absolute Gasteiger partial charge is 0.257 e. The molecule has 1 aliphatic carbocycles. The lowest BCUT2D eigenvalue weighted by Gasteiger charge is -2.30. The molecule has 0 unspecified atom stereocenters. The summed E-state index contributed by atoms with van der Waals surface area (Å²) in [5.74, 6) is 1.27. The maximum absolute atomic E-state index is 14.0. The van der Waals surface area contributed by atoms with Crippen molar-refractivity contribution >= 4 is 38.6 Å². The summed E-state index contributed by atoms with van der Waals surface area (Å²) in [6.07, 6.45) is 6.43. The number of fused-ring (bicyclic) bond motifs is 1. The van der Waals surface area contributed by atoms with E-state index in [0.29, 0.717) is 36.6 Å². The van der Waals surface area contributed by atoms with Crippen molar-refractivity contribution < 1.29 is 27.1 Å². The first-order valence-corrected chi connectivity index (χ1v) is 15.6. The van der Waals surface area contributed by atoms with Gasteiger partial charge in [0.2, 0.25) is 15.9 Å². The van der Waals surface area contributed by atoms with E-state index >= 15 is 0 Å². The first-order valence-electron chi connectivity index (χ1n) is 13.0. The Morgan fingerprint density at radius 2 is 1.79 bits per heavy atom. The third-order valence-electron chi connectivity index (χ3n) is 7.07. The Hall–Kier alpha value is -2.96. The second kappa shape index (κ2) is 12.1. The van der Waals surface area contributed by atoms with Crippen molar-refractivity contribution in [3.63, 3.8) is 0 Å². The van der Waals surface area contributed by atoms with Crippen LogP contribution in [0.25, 0.3) is 10.9 Å². The predicted octanol–water partition coefficient (Wildman–Crippen LogP) is 4.07. The molecule has 208 valence electrons. The lowest BCUT2D eigenvalue weighted by molar-refractivity contribution is 0.0914. The van der Waals surface area contributed by atoms with E-state index in [0.717, 1.165) is 36.6 Å². The molecule has 2 aromatic heterocycles. The highest BCUT2D eigenvalue weighted by atomic mass is 32.2. The summed E-state index contributed by atoms with van der Waals surface area (Å²) in [6, 6.07) is 7.59. The number of pyridine rings is 2. The molecule has 0 atom stereocenters. The zero-order chi connectivity index (χ0) is 27.4. The molecule has 12 heteroatoms. The van der Waals surface area contributed by atoms with Gasteiger partial charge in [-0.05, 0) is 74.3 Å². The quantitative estimate of drug-likeness (QED) is 0.413. The molecule has 1 aromatic carbocycles. The van der Waals surface area contributed by atoms with Gasteiger partial charge in [-0.25, -0.2) is 22.5 Å². The fourth-order valence-electron chi connectivity index (χ4n) is 5.05. The molecular weight excluding hydrogens is 543 g/mol. The standard InChI is InChI=1S/C27H31FN4O5S2/c1-36-23-9-4-17-3-2-12-29-24(17)25(23)39(34,35)32-20-7-5-19(6-8-20)31-26(33)22-15-18(28)16-30-27(22)37-21-10-13-38-14-11-21/h2-4,9,12,15-16,19-21,32H,5-8,10-11,13-14H2,1H3,(H,31,33)/t19-,20+. The van der Waals surface area contributed by atoms with Crippen LogP contribution in [0, 0.1) is 5.82 Å². The highest BCUT2D eigenvalue weighted by molar-refractivity contribution is 7.99. The monoisotopic (exact) mass is 574 g/mol. The fourth-order valence-corrected chi connectivity index (χ4v) is 7.75. The number of carbonyl (C=O) groups excluding carboxylic acids is 1. The summed E-state index contributed by atoms with van der Waals surface area (Å²) in [4.78, 5) is 21.4. The van der Waals surface area contributed by atoms with Gasteiger partial charge in [0.1, 0.15) is 23.2 Å². The molecule has 1 saturated carbocycles. The number of aromatic nitrogens is 2. The van der Waals surface area contributed by atoms with Crippen LogP contribution >= 0.6 is 11.8 Å². The van der Waals surface area contributed by atoms with Gasteiger partial charge in [-0.15, -0.1) is 0 Å². The molecule has 0 bridgehead atoms. The number of hydrogen-bond acceptors (Lipinski definition) is 8. The molecular formula is C27H31FN4O5S2. The van der Waals surface area contributed by atoms with Gasteiger partial charge >= 0.3 is 0 Å². The van der Waals surface area contributed by atoms with Crippen LogP contribution in [0.4, 0.5) is 4.39 Å². The van der Waals surface area contributed by atoms with E-state index in [1.807, 2.05) is 11.8 Å². The topological polar surface area (TPSA) is 120 Å².